The van der Waals surface area contributed by atoms with Crippen LogP contribution in [0.25, 0.3) is 10.9 Å². The molecule has 0 saturated carbocycles. The molecule has 0 amide bonds. The van der Waals surface area contributed by atoms with Crippen molar-refractivity contribution < 1.29 is 4.39 Å². The van der Waals surface area contributed by atoms with E-state index in [4.69, 9.17) is 4.98 Å². The number of piperazine rings is 1. The van der Waals surface area contributed by atoms with Gasteiger partial charge >= 0.3 is 0 Å². The Morgan fingerprint density at radius 3 is 1.97 bits per heavy atom. The molecule has 0 bridgehead atoms. The molecule has 1 fully saturated rings. The van der Waals surface area contributed by atoms with Gasteiger partial charge in [0.05, 0.1) is 11.6 Å². The number of nitrogens with zero attached hydrogens (tertiary/aromatic N) is 3. The average Bonchev–Trinajstić information content (AvgIpc) is 2.81. The van der Waals surface area contributed by atoms with E-state index in [-0.39, 0.29) is 11.9 Å². The van der Waals surface area contributed by atoms with Crippen LogP contribution in [0.1, 0.15) is 17.2 Å². The lowest BCUT2D eigenvalue weighted by Gasteiger charge is -2.40. The maximum atomic E-state index is 13.4. The maximum absolute atomic E-state index is 13.4. The second kappa shape index (κ2) is 8.25. The van der Waals surface area contributed by atoms with Crippen molar-refractivity contribution in [3.63, 3.8) is 0 Å². The molecule has 0 radical (unpaired) electrons. The van der Waals surface area contributed by atoms with Gasteiger partial charge in [-0.2, -0.15) is 0 Å². The zero-order valence-electron chi connectivity index (χ0n) is 16.8. The molecule has 1 saturated heterocycles. The molecule has 0 N–H and O–H groups in total. The summed E-state index contributed by atoms with van der Waals surface area (Å²) in [5.41, 5.74) is 3.48. The second-order valence-electron chi connectivity index (χ2n) is 7.75. The lowest BCUT2D eigenvalue weighted by molar-refractivity contribution is 0.212. The van der Waals surface area contributed by atoms with Gasteiger partial charge in [-0.15, -0.1) is 0 Å². The summed E-state index contributed by atoms with van der Waals surface area (Å²) in [4.78, 5) is 9.65. The van der Waals surface area contributed by atoms with E-state index in [9.17, 15) is 4.39 Å². The second-order valence-corrected chi connectivity index (χ2v) is 7.75. The number of fused-ring (bicyclic) bond motifs is 1. The van der Waals surface area contributed by atoms with Gasteiger partial charge in [0.1, 0.15) is 11.6 Å². The zero-order chi connectivity index (χ0) is 20.3. The molecule has 5 rings (SSSR count). The quantitative estimate of drug-likeness (QED) is 0.467. The van der Waals surface area contributed by atoms with E-state index >= 15 is 0 Å². The maximum Gasteiger partial charge on any atom is 0.129 e. The average molecular weight is 397 g/mol. The van der Waals surface area contributed by atoms with E-state index in [1.807, 2.05) is 12.1 Å². The van der Waals surface area contributed by atoms with Crippen molar-refractivity contribution in [1.82, 2.24) is 9.88 Å². The molecule has 2 heterocycles. The summed E-state index contributed by atoms with van der Waals surface area (Å²) in [7, 11) is 0. The summed E-state index contributed by atoms with van der Waals surface area (Å²) < 4.78 is 13.4. The molecule has 4 aromatic rings. The first kappa shape index (κ1) is 18.8. The number of aromatic nitrogens is 1. The van der Waals surface area contributed by atoms with Crippen molar-refractivity contribution >= 4 is 16.7 Å². The smallest absolute Gasteiger partial charge is 0.129 e. The number of benzene rings is 3. The lowest BCUT2D eigenvalue weighted by atomic mass is 9.96. The standard InChI is InChI=1S/C26H24FN3/c27-23-12-13-24-22(19-23)11-14-25(28-24)29-15-17-30(18-16-29)26(20-7-3-1-4-8-20)21-9-5-2-6-10-21/h1-14,19,26H,15-18H2. The van der Waals surface area contributed by atoms with Gasteiger partial charge in [0, 0.05) is 31.6 Å². The Labute approximate surface area is 176 Å². The third kappa shape index (κ3) is 3.79. The van der Waals surface area contributed by atoms with Gasteiger partial charge in [0.15, 0.2) is 0 Å². The van der Waals surface area contributed by atoms with Crippen LogP contribution in [0.5, 0.6) is 0 Å². The molecule has 0 aliphatic carbocycles. The monoisotopic (exact) mass is 397 g/mol. The van der Waals surface area contributed by atoms with Crippen LogP contribution in [0.2, 0.25) is 0 Å². The Bertz CT molecular complexity index is 1080. The summed E-state index contributed by atoms with van der Waals surface area (Å²) in [6.07, 6.45) is 0. The Balaban J connectivity index is 1.37. The SMILES string of the molecule is Fc1ccc2nc(N3CCN(C(c4ccccc4)c4ccccc4)CC3)ccc2c1. The molecule has 1 aliphatic rings. The molecule has 1 aliphatic heterocycles. The molecule has 1 aromatic heterocycles. The van der Waals surface area contributed by atoms with E-state index in [2.05, 4.69) is 70.5 Å². The minimum Gasteiger partial charge on any atom is -0.354 e. The summed E-state index contributed by atoms with van der Waals surface area (Å²) in [5, 5.41) is 0.839. The minimum absolute atomic E-state index is 0.224. The van der Waals surface area contributed by atoms with Crippen LogP contribution in [0.4, 0.5) is 10.2 Å². The number of rotatable bonds is 4. The molecule has 0 unspecified atom stereocenters. The predicted molar refractivity (Wildman–Crippen MR) is 120 cm³/mol. The van der Waals surface area contributed by atoms with Crippen molar-refractivity contribution in [1.29, 1.82) is 0 Å². The third-order valence-corrected chi connectivity index (χ3v) is 5.87. The van der Waals surface area contributed by atoms with Gasteiger partial charge in [-0.05, 0) is 41.5 Å². The van der Waals surface area contributed by atoms with E-state index in [0.717, 1.165) is 42.9 Å². The van der Waals surface area contributed by atoms with E-state index < -0.39 is 0 Å². The predicted octanol–water partition coefficient (Wildman–Crippen LogP) is 5.29. The topological polar surface area (TPSA) is 19.4 Å². The van der Waals surface area contributed by atoms with Crippen LogP contribution >= 0.6 is 0 Å². The van der Waals surface area contributed by atoms with E-state index in [1.54, 1.807) is 6.07 Å². The van der Waals surface area contributed by atoms with Crippen LogP contribution in [0, 0.1) is 5.82 Å². The van der Waals surface area contributed by atoms with Crippen LogP contribution in [0.15, 0.2) is 91.0 Å². The van der Waals surface area contributed by atoms with Gasteiger partial charge in [0.25, 0.3) is 0 Å². The summed E-state index contributed by atoms with van der Waals surface area (Å²) in [6.45, 7) is 3.74. The van der Waals surface area contributed by atoms with Gasteiger partial charge in [0.2, 0.25) is 0 Å². The van der Waals surface area contributed by atoms with Crippen molar-refractivity contribution in [3.8, 4) is 0 Å². The molecule has 0 atom stereocenters. The molecule has 3 nitrogen and oxygen atoms in total. The summed E-state index contributed by atoms with van der Waals surface area (Å²) >= 11 is 0. The molecule has 150 valence electrons. The first-order chi connectivity index (χ1) is 14.8. The van der Waals surface area contributed by atoms with Crippen molar-refractivity contribution in [2.24, 2.45) is 0 Å². The fraction of sp³-hybridized carbons (Fsp3) is 0.192. The molecular formula is C26H24FN3. The van der Waals surface area contributed by atoms with E-state index in [1.165, 1.54) is 23.3 Å². The van der Waals surface area contributed by atoms with Gasteiger partial charge in [-0.3, -0.25) is 4.90 Å². The Hall–Kier alpha value is -3.24. The zero-order valence-corrected chi connectivity index (χ0v) is 16.8. The molecular weight excluding hydrogens is 373 g/mol. The first-order valence-corrected chi connectivity index (χ1v) is 10.4. The van der Waals surface area contributed by atoms with Crippen molar-refractivity contribution in [2.45, 2.75) is 6.04 Å². The lowest BCUT2D eigenvalue weighted by Crippen LogP contribution is -2.48. The number of anilines is 1. The highest BCUT2D eigenvalue weighted by Crippen LogP contribution is 2.30. The molecule has 4 heteroatoms. The molecule has 0 spiro atoms. The summed E-state index contributed by atoms with van der Waals surface area (Å²) in [6, 6.07) is 30.4. The third-order valence-electron chi connectivity index (χ3n) is 5.87. The highest BCUT2D eigenvalue weighted by atomic mass is 19.1. The number of pyridine rings is 1. The first-order valence-electron chi connectivity index (χ1n) is 10.4. The fourth-order valence-corrected chi connectivity index (χ4v) is 4.36. The van der Waals surface area contributed by atoms with Gasteiger partial charge in [-0.25, -0.2) is 9.37 Å². The number of hydrogen-bond acceptors (Lipinski definition) is 3. The van der Waals surface area contributed by atoms with E-state index in [0.29, 0.717) is 0 Å². The minimum atomic E-state index is -0.224. The largest absolute Gasteiger partial charge is 0.354 e. The Kier molecular flexibility index (Phi) is 5.16. The van der Waals surface area contributed by atoms with Gasteiger partial charge in [-0.1, -0.05) is 60.7 Å². The highest BCUT2D eigenvalue weighted by Gasteiger charge is 2.26. The fourth-order valence-electron chi connectivity index (χ4n) is 4.36. The summed E-state index contributed by atoms with van der Waals surface area (Å²) in [5.74, 6) is 0.739. The van der Waals surface area contributed by atoms with Crippen LogP contribution in [-0.4, -0.2) is 36.1 Å². The molecule has 3 aromatic carbocycles. The van der Waals surface area contributed by atoms with Crippen LogP contribution in [0.3, 0.4) is 0 Å². The Morgan fingerprint density at radius 2 is 1.33 bits per heavy atom. The Morgan fingerprint density at radius 1 is 0.700 bits per heavy atom. The van der Waals surface area contributed by atoms with Crippen molar-refractivity contribution in [2.75, 3.05) is 31.1 Å². The van der Waals surface area contributed by atoms with Crippen LogP contribution < -0.4 is 4.90 Å². The number of halogens is 1. The van der Waals surface area contributed by atoms with Gasteiger partial charge < -0.3 is 4.90 Å². The van der Waals surface area contributed by atoms with Crippen LogP contribution in [-0.2, 0) is 0 Å². The normalized spacial score (nSPS) is 15.1. The molecule has 30 heavy (non-hydrogen) atoms. The number of hydrogen-bond donors (Lipinski definition) is 0. The highest BCUT2D eigenvalue weighted by molar-refractivity contribution is 5.80. The van der Waals surface area contributed by atoms with Crippen molar-refractivity contribution in [3.05, 3.63) is 108 Å².